The number of ether oxygens (including phenoxy) is 1. The third-order valence-electron chi connectivity index (χ3n) is 6.60. The summed E-state index contributed by atoms with van der Waals surface area (Å²) in [4.78, 5) is 28.9. The van der Waals surface area contributed by atoms with E-state index in [1.807, 2.05) is 20.8 Å². The average molecular weight is 679 g/mol. The first-order valence-electron chi connectivity index (χ1n) is 13.9. The molecule has 0 spiro atoms. The van der Waals surface area contributed by atoms with Crippen molar-refractivity contribution in [1.29, 1.82) is 0 Å². The van der Waals surface area contributed by atoms with E-state index in [-0.39, 0.29) is 17.3 Å². The number of carbonyl (C=O) groups excluding carboxylic acids is 2. The fourth-order valence-electron chi connectivity index (χ4n) is 4.35. The molecule has 226 valence electrons. The SMILES string of the molecule is CCCCNC(=O)[C@@H](CC)N(Cc1ccc(Cl)cc1)C(=O)CN(c1ccc(OCC)cc1)S(=O)(=O)c1ccc(Br)cc1. The first-order valence-corrected chi connectivity index (χ1v) is 16.5. The number of anilines is 1. The van der Waals surface area contributed by atoms with E-state index in [2.05, 4.69) is 21.2 Å². The molecule has 3 aromatic rings. The fourth-order valence-corrected chi connectivity index (χ4v) is 6.15. The summed E-state index contributed by atoms with van der Waals surface area (Å²) in [7, 11) is -4.17. The monoisotopic (exact) mass is 677 g/mol. The van der Waals surface area contributed by atoms with Crippen molar-refractivity contribution in [1.82, 2.24) is 10.2 Å². The molecule has 0 aliphatic heterocycles. The minimum atomic E-state index is -4.17. The molecule has 0 aromatic heterocycles. The zero-order valence-corrected chi connectivity index (χ0v) is 27.2. The molecule has 0 heterocycles. The Balaban J connectivity index is 2.03. The first kappa shape index (κ1) is 33.4. The van der Waals surface area contributed by atoms with E-state index >= 15 is 0 Å². The second-order valence-corrected chi connectivity index (χ2v) is 12.8. The molecule has 1 atom stereocenters. The summed E-state index contributed by atoms with van der Waals surface area (Å²) < 4.78 is 35.3. The third kappa shape index (κ3) is 8.96. The highest BCUT2D eigenvalue weighted by Crippen LogP contribution is 2.28. The molecule has 0 saturated heterocycles. The Morgan fingerprint density at radius 1 is 0.952 bits per heavy atom. The molecule has 3 aromatic carbocycles. The maximum atomic E-state index is 14.1. The number of carbonyl (C=O) groups is 2. The minimum absolute atomic E-state index is 0.0287. The number of halogens is 2. The van der Waals surface area contributed by atoms with Crippen LogP contribution in [-0.2, 0) is 26.2 Å². The van der Waals surface area contributed by atoms with Gasteiger partial charge in [-0.05, 0) is 86.0 Å². The largest absolute Gasteiger partial charge is 0.494 e. The normalized spacial score (nSPS) is 11.9. The van der Waals surface area contributed by atoms with Crippen molar-refractivity contribution >= 4 is 55.1 Å². The molecule has 2 amide bonds. The summed E-state index contributed by atoms with van der Waals surface area (Å²) in [6, 6.07) is 18.9. The van der Waals surface area contributed by atoms with Gasteiger partial charge in [0.15, 0.2) is 0 Å². The molecule has 0 aliphatic carbocycles. The molecule has 0 unspecified atom stereocenters. The van der Waals surface area contributed by atoms with Crippen molar-refractivity contribution in [2.75, 3.05) is 24.0 Å². The Kier molecular flexibility index (Phi) is 12.7. The highest BCUT2D eigenvalue weighted by atomic mass is 79.9. The topological polar surface area (TPSA) is 96.0 Å². The number of unbranched alkanes of at least 4 members (excludes halogenated alkanes) is 1. The van der Waals surface area contributed by atoms with Gasteiger partial charge in [0.05, 0.1) is 17.2 Å². The number of nitrogens with one attached hydrogen (secondary N) is 1. The van der Waals surface area contributed by atoms with E-state index < -0.39 is 28.5 Å². The molecular formula is C31H37BrClN3O5S. The van der Waals surface area contributed by atoms with Gasteiger partial charge >= 0.3 is 0 Å². The molecule has 11 heteroatoms. The van der Waals surface area contributed by atoms with Gasteiger partial charge in [-0.15, -0.1) is 0 Å². The van der Waals surface area contributed by atoms with E-state index in [1.165, 1.54) is 17.0 Å². The van der Waals surface area contributed by atoms with Gasteiger partial charge in [-0.3, -0.25) is 13.9 Å². The van der Waals surface area contributed by atoms with Crippen LogP contribution in [0.3, 0.4) is 0 Å². The van der Waals surface area contributed by atoms with Gasteiger partial charge in [0.1, 0.15) is 18.3 Å². The molecule has 0 saturated carbocycles. The third-order valence-corrected chi connectivity index (χ3v) is 9.17. The number of benzene rings is 3. The van der Waals surface area contributed by atoms with Gasteiger partial charge in [0.25, 0.3) is 10.0 Å². The lowest BCUT2D eigenvalue weighted by Crippen LogP contribution is -2.52. The van der Waals surface area contributed by atoms with Crippen LogP contribution >= 0.6 is 27.5 Å². The number of sulfonamides is 1. The van der Waals surface area contributed by atoms with Crippen LogP contribution in [0.1, 0.15) is 45.6 Å². The summed E-state index contributed by atoms with van der Waals surface area (Å²) in [6.07, 6.45) is 2.07. The number of hydrogen-bond donors (Lipinski definition) is 1. The van der Waals surface area contributed by atoms with Crippen LogP contribution in [-0.4, -0.2) is 50.9 Å². The number of nitrogens with zero attached hydrogens (tertiary/aromatic N) is 2. The maximum Gasteiger partial charge on any atom is 0.264 e. The summed E-state index contributed by atoms with van der Waals surface area (Å²) in [5, 5.41) is 3.47. The average Bonchev–Trinajstić information content (AvgIpc) is 2.97. The molecule has 3 rings (SSSR count). The first-order chi connectivity index (χ1) is 20.1. The Bertz CT molecular complexity index is 1420. The van der Waals surface area contributed by atoms with Crippen molar-refractivity contribution in [3.63, 3.8) is 0 Å². The number of rotatable bonds is 15. The second-order valence-electron chi connectivity index (χ2n) is 9.61. The summed E-state index contributed by atoms with van der Waals surface area (Å²) in [6.45, 7) is 6.25. The van der Waals surface area contributed by atoms with Crippen LogP contribution in [0.25, 0.3) is 0 Å². The smallest absolute Gasteiger partial charge is 0.264 e. The van der Waals surface area contributed by atoms with Crippen LogP contribution in [0.2, 0.25) is 5.02 Å². The quantitative estimate of drug-likeness (QED) is 0.187. The van der Waals surface area contributed by atoms with Gasteiger partial charge in [-0.25, -0.2) is 8.42 Å². The molecule has 0 bridgehead atoms. The molecule has 0 radical (unpaired) electrons. The molecule has 0 aliphatic rings. The molecule has 42 heavy (non-hydrogen) atoms. The Morgan fingerprint density at radius 2 is 1.60 bits per heavy atom. The predicted molar refractivity (Wildman–Crippen MR) is 170 cm³/mol. The zero-order valence-electron chi connectivity index (χ0n) is 24.1. The standard InChI is InChI=1S/C31H37BrClN3O5S/c1-4-7-20-34-31(38)29(5-2)35(21-23-8-12-25(33)13-9-23)30(37)22-36(26-14-16-27(17-15-26)41-6-3)42(39,40)28-18-10-24(32)11-19-28/h8-19,29H,4-7,20-22H2,1-3H3,(H,34,38)/t29-/m1/s1. The maximum absolute atomic E-state index is 14.1. The molecular weight excluding hydrogens is 642 g/mol. The van der Waals surface area contributed by atoms with Crippen LogP contribution in [0.5, 0.6) is 5.75 Å². The van der Waals surface area contributed by atoms with E-state index in [0.29, 0.717) is 36.0 Å². The number of amides is 2. The number of hydrogen-bond acceptors (Lipinski definition) is 5. The molecule has 0 fully saturated rings. The molecule has 1 N–H and O–H groups in total. The van der Waals surface area contributed by atoms with Gasteiger partial charge in [-0.2, -0.15) is 0 Å². The van der Waals surface area contributed by atoms with Gasteiger partial charge in [-0.1, -0.05) is 59.9 Å². The summed E-state index contributed by atoms with van der Waals surface area (Å²) in [5.74, 6) is -0.221. The van der Waals surface area contributed by atoms with Crippen molar-refractivity contribution in [3.05, 3.63) is 87.9 Å². The fraction of sp³-hybridized carbons (Fsp3) is 0.355. The highest BCUT2D eigenvalue weighted by molar-refractivity contribution is 9.10. The Hall–Kier alpha value is -3.08. The van der Waals surface area contributed by atoms with Gasteiger partial charge in [0, 0.05) is 22.6 Å². The molecule has 8 nitrogen and oxygen atoms in total. The van der Waals surface area contributed by atoms with E-state index in [9.17, 15) is 18.0 Å². The summed E-state index contributed by atoms with van der Waals surface area (Å²) >= 11 is 9.42. The van der Waals surface area contributed by atoms with Crippen LogP contribution < -0.4 is 14.4 Å². The minimum Gasteiger partial charge on any atom is -0.494 e. The second kappa shape index (κ2) is 16.0. The van der Waals surface area contributed by atoms with Crippen LogP contribution in [0.15, 0.2) is 82.2 Å². The highest BCUT2D eigenvalue weighted by Gasteiger charge is 2.33. The van der Waals surface area contributed by atoms with E-state index in [4.69, 9.17) is 16.3 Å². The zero-order chi connectivity index (χ0) is 30.7. The summed E-state index contributed by atoms with van der Waals surface area (Å²) in [5.41, 5.74) is 1.05. The van der Waals surface area contributed by atoms with Crippen LogP contribution in [0, 0.1) is 0 Å². The van der Waals surface area contributed by atoms with Crippen molar-refractivity contribution in [3.8, 4) is 5.75 Å². The van der Waals surface area contributed by atoms with E-state index in [0.717, 1.165) is 27.2 Å². The lowest BCUT2D eigenvalue weighted by atomic mass is 10.1. The van der Waals surface area contributed by atoms with Crippen molar-refractivity contribution in [2.24, 2.45) is 0 Å². The Morgan fingerprint density at radius 3 is 2.17 bits per heavy atom. The van der Waals surface area contributed by atoms with Crippen LogP contribution in [0.4, 0.5) is 5.69 Å². The lowest BCUT2D eigenvalue weighted by molar-refractivity contribution is -0.140. The van der Waals surface area contributed by atoms with Crippen molar-refractivity contribution in [2.45, 2.75) is 57.5 Å². The van der Waals surface area contributed by atoms with E-state index in [1.54, 1.807) is 60.7 Å². The van der Waals surface area contributed by atoms with Crippen molar-refractivity contribution < 1.29 is 22.7 Å². The lowest BCUT2D eigenvalue weighted by Gasteiger charge is -2.33. The van der Waals surface area contributed by atoms with Gasteiger partial charge in [0.2, 0.25) is 11.8 Å². The predicted octanol–water partition coefficient (Wildman–Crippen LogP) is 6.42. The van der Waals surface area contributed by atoms with Gasteiger partial charge < -0.3 is 15.0 Å². The Labute approximate surface area is 262 Å².